The average molecular weight is 478 g/mol. The van der Waals surface area contributed by atoms with Crippen molar-refractivity contribution >= 4 is 17.7 Å². The average Bonchev–Trinajstić information content (AvgIpc) is 3.38. The van der Waals surface area contributed by atoms with Crippen LogP contribution in [0.25, 0.3) is 11.3 Å². The molecule has 1 fully saturated rings. The van der Waals surface area contributed by atoms with E-state index in [1.807, 2.05) is 24.3 Å². The van der Waals surface area contributed by atoms with Crippen LogP contribution in [0.5, 0.6) is 5.75 Å². The zero-order chi connectivity index (χ0) is 25.1. The van der Waals surface area contributed by atoms with E-state index in [0.717, 1.165) is 29.8 Å². The number of nitrogens with zero attached hydrogens (tertiary/aromatic N) is 4. The summed E-state index contributed by atoms with van der Waals surface area (Å²) in [5, 5.41) is 14.3. The summed E-state index contributed by atoms with van der Waals surface area (Å²) in [4.78, 5) is 31.7. The van der Waals surface area contributed by atoms with Crippen molar-refractivity contribution in [2.75, 3.05) is 19.1 Å². The lowest BCUT2D eigenvalue weighted by molar-refractivity contribution is -0.192. The first-order chi connectivity index (χ1) is 16.0. The van der Waals surface area contributed by atoms with Crippen LogP contribution in [-0.2, 0) is 10.3 Å². The molecule has 1 saturated carbocycles. The number of hydrogen-bond acceptors (Lipinski definition) is 7. The van der Waals surface area contributed by atoms with Crippen molar-refractivity contribution in [3.63, 3.8) is 0 Å². The number of alkyl halides is 3. The minimum Gasteiger partial charge on any atom is -0.496 e. The Morgan fingerprint density at radius 1 is 1.24 bits per heavy atom. The SMILES string of the molecule is COc1ccccc1-c1cc(N(C)C(=O)c2ccnc(C3(N)CC3)n2)n[nH]1.O=C(O)C(F)(F)F. The molecule has 10 nitrogen and oxygen atoms in total. The highest BCUT2D eigenvalue weighted by Gasteiger charge is 2.43. The third kappa shape index (κ3) is 5.49. The molecule has 1 aliphatic carbocycles. The molecule has 180 valence electrons. The number of hydrogen-bond donors (Lipinski definition) is 3. The van der Waals surface area contributed by atoms with Crippen LogP contribution in [-0.4, -0.2) is 57.5 Å². The number of nitrogens with one attached hydrogen (secondary N) is 1. The Morgan fingerprint density at radius 2 is 1.88 bits per heavy atom. The van der Waals surface area contributed by atoms with Gasteiger partial charge in [-0.25, -0.2) is 14.8 Å². The van der Waals surface area contributed by atoms with E-state index < -0.39 is 17.7 Å². The van der Waals surface area contributed by atoms with E-state index in [0.29, 0.717) is 17.3 Å². The molecule has 4 rings (SSSR count). The molecule has 13 heteroatoms. The van der Waals surface area contributed by atoms with E-state index in [1.165, 1.54) is 4.90 Å². The molecule has 0 bridgehead atoms. The number of benzene rings is 1. The monoisotopic (exact) mass is 478 g/mol. The zero-order valence-electron chi connectivity index (χ0n) is 18.1. The first-order valence-corrected chi connectivity index (χ1v) is 9.85. The van der Waals surface area contributed by atoms with E-state index in [-0.39, 0.29) is 5.91 Å². The van der Waals surface area contributed by atoms with Gasteiger partial charge in [-0.3, -0.25) is 14.8 Å². The summed E-state index contributed by atoms with van der Waals surface area (Å²) < 4.78 is 37.1. The molecule has 0 atom stereocenters. The number of carboxylic acid groups (broad SMARTS) is 1. The van der Waals surface area contributed by atoms with Crippen LogP contribution in [0.3, 0.4) is 0 Å². The molecule has 1 aliphatic rings. The third-order valence-corrected chi connectivity index (χ3v) is 4.96. The second kappa shape index (κ2) is 9.47. The van der Waals surface area contributed by atoms with Gasteiger partial charge in [0.25, 0.3) is 5.91 Å². The van der Waals surface area contributed by atoms with Crippen molar-refractivity contribution in [1.29, 1.82) is 0 Å². The highest BCUT2D eigenvalue weighted by atomic mass is 19.4. The Hall–Kier alpha value is -4.00. The highest BCUT2D eigenvalue weighted by molar-refractivity contribution is 6.04. The summed E-state index contributed by atoms with van der Waals surface area (Å²) in [6.45, 7) is 0. The van der Waals surface area contributed by atoms with Gasteiger partial charge in [-0.1, -0.05) is 12.1 Å². The summed E-state index contributed by atoms with van der Waals surface area (Å²) in [7, 11) is 3.27. The molecule has 0 saturated heterocycles. The van der Waals surface area contributed by atoms with E-state index >= 15 is 0 Å². The summed E-state index contributed by atoms with van der Waals surface area (Å²) >= 11 is 0. The number of H-pyrrole nitrogens is 1. The normalized spacial score (nSPS) is 13.9. The summed E-state index contributed by atoms with van der Waals surface area (Å²) in [6.07, 6.45) is -1.84. The fourth-order valence-corrected chi connectivity index (χ4v) is 2.84. The molecular weight excluding hydrogens is 457 g/mol. The minimum atomic E-state index is -5.08. The van der Waals surface area contributed by atoms with Crippen LogP contribution in [0.15, 0.2) is 42.6 Å². The number of nitrogens with two attached hydrogens (primary N) is 1. The first kappa shape index (κ1) is 24.6. The molecule has 0 radical (unpaired) electrons. The number of carbonyl (C=O) groups excluding carboxylic acids is 1. The van der Waals surface area contributed by atoms with Crippen molar-refractivity contribution in [2.45, 2.75) is 24.6 Å². The number of aliphatic carboxylic acids is 1. The highest BCUT2D eigenvalue weighted by Crippen LogP contribution is 2.40. The molecule has 1 amide bonds. The topological polar surface area (TPSA) is 147 Å². The lowest BCUT2D eigenvalue weighted by Gasteiger charge is -2.14. The molecule has 4 N–H and O–H groups in total. The third-order valence-electron chi connectivity index (χ3n) is 4.96. The van der Waals surface area contributed by atoms with Crippen LogP contribution in [0.2, 0.25) is 0 Å². The number of aromatic amines is 1. The lowest BCUT2D eigenvalue weighted by atomic mass is 10.1. The molecule has 2 heterocycles. The molecule has 1 aromatic carbocycles. The van der Waals surface area contributed by atoms with Crippen LogP contribution >= 0.6 is 0 Å². The van der Waals surface area contributed by atoms with Crippen molar-refractivity contribution in [1.82, 2.24) is 20.2 Å². The molecule has 3 aromatic rings. The van der Waals surface area contributed by atoms with Gasteiger partial charge in [0.15, 0.2) is 5.82 Å². The fourth-order valence-electron chi connectivity index (χ4n) is 2.84. The van der Waals surface area contributed by atoms with Crippen LogP contribution < -0.4 is 15.4 Å². The van der Waals surface area contributed by atoms with E-state index in [1.54, 1.807) is 32.5 Å². The summed E-state index contributed by atoms with van der Waals surface area (Å²) in [5.74, 6) is -1.32. The van der Waals surface area contributed by atoms with Crippen molar-refractivity contribution in [2.24, 2.45) is 5.73 Å². The van der Waals surface area contributed by atoms with Gasteiger partial charge in [0.2, 0.25) is 0 Å². The van der Waals surface area contributed by atoms with Crippen molar-refractivity contribution in [3.05, 3.63) is 54.1 Å². The molecular formula is C21H21F3N6O4. The molecule has 0 spiro atoms. The van der Waals surface area contributed by atoms with Gasteiger partial charge >= 0.3 is 12.1 Å². The second-order valence-electron chi connectivity index (χ2n) is 7.43. The lowest BCUT2D eigenvalue weighted by Crippen LogP contribution is -2.29. The quantitative estimate of drug-likeness (QED) is 0.507. The fraction of sp³-hybridized carbons (Fsp3) is 0.286. The Kier molecular flexibility index (Phi) is 6.86. The van der Waals surface area contributed by atoms with E-state index in [9.17, 15) is 18.0 Å². The summed E-state index contributed by atoms with van der Waals surface area (Å²) in [5.41, 5.74) is 7.56. The molecule has 2 aromatic heterocycles. The van der Waals surface area contributed by atoms with Crippen molar-refractivity contribution in [3.8, 4) is 17.0 Å². The maximum absolute atomic E-state index is 12.8. The standard InChI is InChI=1S/C19H20N6O2.C2HF3O2/c1-25(17(26)13-7-10-21-18(22-13)19(20)8-9-19)16-11-14(23-24-16)12-5-3-4-6-15(12)27-2;3-2(4,5)1(6)7/h3-7,10-11H,8-9,20H2,1-2H3,(H,23,24);(H,6,7). The van der Waals surface area contributed by atoms with Gasteiger partial charge in [0, 0.05) is 24.9 Å². The Labute approximate surface area is 191 Å². The number of carboxylic acids is 1. The van der Waals surface area contributed by atoms with Crippen LogP contribution in [0.1, 0.15) is 29.2 Å². The predicted octanol–water partition coefficient (Wildman–Crippen LogP) is 2.73. The molecule has 0 aliphatic heterocycles. The second-order valence-corrected chi connectivity index (χ2v) is 7.43. The minimum absolute atomic E-state index is 0.277. The number of carbonyl (C=O) groups is 2. The van der Waals surface area contributed by atoms with E-state index in [4.69, 9.17) is 20.4 Å². The predicted molar refractivity (Wildman–Crippen MR) is 114 cm³/mol. The van der Waals surface area contributed by atoms with Gasteiger partial charge in [0.1, 0.15) is 17.3 Å². The number of amides is 1. The maximum atomic E-state index is 12.8. The number of para-hydroxylation sites is 1. The van der Waals surface area contributed by atoms with Crippen molar-refractivity contribution < 1.29 is 32.6 Å². The molecule has 34 heavy (non-hydrogen) atoms. The van der Waals surface area contributed by atoms with Gasteiger partial charge in [-0.05, 0) is 31.0 Å². The smallest absolute Gasteiger partial charge is 0.490 e. The van der Waals surface area contributed by atoms with Gasteiger partial charge in [-0.15, -0.1) is 0 Å². The number of halogens is 3. The van der Waals surface area contributed by atoms with Gasteiger partial charge in [-0.2, -0.15) is 18.3 Å². The largest absolute Gasteiger partial charge is 0.496 e. The van der Waals surface area contributed by atoms with Gasteiger partial charge in [0.05, 0.1) is 18.3 Å². The van der Waals surface area contributed by atoms with Crippen LogP contribution in [0, 0.1) is 0 Å². The number of rotatable bonds is 5. The zero-order valence-corrected chi connectivity index (χ0v) is 18.1. The number of ether oxygens (including phenoxy) is 1. The Balaban J connectivity index is 0.000000406. The number of anilines is 1. The van der Waals surface area contributed by atoms with Crippen LogP contribution in [0.4, 0.5) is 19.0 Å². The molecule has 0 unspecified atom stereocenters. The maximum Gasteiger partial charge on any atom is 0.490 e. The first-order valence-electron chi connectivity index (χ1n) is 9.85. The number of methoxy groups -OCH3 is 1. The Bertz CT molecular complexity index is 1190. The van der Waals surface area contributed by atoms with E-state index in [2.05, 4.69) is 20.2 Å². The summed E-state index contributed by atoms with van der Waals surface area (Å²) in [6, 6.07) is 11.0. The Morgan fingerprint density at radius 3 is 2.47 bits per heavy atom. The van der Waals surface area contributed by atoms with Gasteiger partial charge < -0.3 is 15.6 Å². The number of aromatic nitrogens is 4.